The third-order valence-corrected chi connectivity index (χ3v) is 11.1. The van der Waals surface area contributed by atoms with Crippen molar-refractivity contribution in [1.29, 1.82) is 0 Å². The van der Waals surface area contributed by atoms with Gasteiger partial charge in [-0.2, -0.15) is 0 Å². The van der Waals surface area contributed by atoms with Crippen LogP contribution in [-0.2, 0) is 52.2 Å². The molecule has 5 fully saturated rings. The van der Waals surface area contributed by atoms with Gasteiger partial charge in [0.1, 0.15) is 122 Å². The monoisotopic (exact) mass is 910 g/mol. The highest BCUT2D eigenvalue weighted by Crippen LogP contribution is 2.34. The third-order valence-electron chi connectivity index (χ3n) is 11.1. The molecule has 0 spiro atoms. The molecule has 360 valence electrons. The second-order valence-electron chi connectivity index (χ2n) is 15.5. The molecule has 5 aliphatic heterocycles. The number of carbonyl (C=O) groups excluding carboxylic acids is 2. The van der Waals surface area contributed by atoms with E-state index in [-0.39, 0.29) is 0 Å². The van der Waals surface area contributed by atoms with Gasteiger partial charge in [0.25, 0.3) is 0 Å². The molecule has 2 unspecified atom stereocenters. The predicted molar refractivity (Wildman–Crippen MR) is 190 cm³/mol. The molecule has 17 N–H and O–H groups in total. The summed E-state index contributed by atoms with van der Waals surface area (Å²) in [5.74, 6) is -1.52. The minimum atomic E-state index is -2.11. The molecule has 0 aromatic heterocycles. The van der Waals surface area contributed by atoms with Crippen molar-refractivity contribution in [2.75, 3.05) is 33.0 Å². The summed E-state index contributed by atoms with van der Waals surface area (Å²) in [5, 5.41) is 162. The lowest BCUT2D eigenvalue weighted by Gasteiger charge is -2.49. The van der Waals surface area contributed by atoms with Gasteiger partial charge in [-0.25, -0.2) is 0 Å². The Labute approximate surface area is 351 Å². The summed E-state index contributed by atoms with van der Waals surface area (Å²) in [5.41, 5.74) is 0. The van der Waals surface area contributed by atoms with Crippen molar-refractivity contribution in [3.63, 3.8) is 0 Å². The zero-order valence-electron chi connectivity index (χ0n) is 33.2. The first kappa shape index (κ1) is 51.0. The standard InChI is InChI=1S/C34H58N2O26/c1-8(41)35-15-21(47)27(60-32-24(50)22(48)17(43)10(3-37)56-32)13(6-40)59-31(15)54-7-14-20(46)28(16(30(53)55-14)36-9(2)42)61-34-26(52)29(19(45)12(5-39)58-34)62-33-25(51)23(49)18(44)11(4-38)57-33/h10-34,37-40,43-53H,3-7H2,1-2H3,(H,35,41)(H,36,42)/t10-,11-,12-,13-,14-,15-,16-,17+,18+,19+,20+,21-,22+,23+,24-,25-,26-,27-,28-,29+,30?,31?,32+,33+,34+/m1/s1. The number of carbonyl (C=O) groups is 2. The van der Waals surface area contributed by atoms with E-state index in [2.05, 4.69) is 10.6 Å². The second kappa shape index (κ2) is 22.0. The maximum atomic E-state index is 12.3. The summed E-state index contributed by atoms with van der Waals surface area (Å²) < 4.78 is 50.5. The van der Waals surface area contributed by atoms with E-state index >= 15 is 0 Å². The van der Waals surface area contributed by atoms with Gasteiger partial charge in [0, 0.05) is 13.8 Å². The van der Waals surface area contributed by atoms with Crippen LogP contribution in [0.5, 0.6) is 0 Å². The number of rotatable bonds is 15. The van der Waals surface area contributed by atoms with Gasteiger partial charge in [-0.05, 0) is 0 Å². The number of hydrogen-bond acceptors (Lipinski definition) is 26. The average molecular weight is 911 g/mol. The van der Waals surface area contributed by atoms with Crippen LogP contribution in [0.4, 0.5) is 0 Å². The van der Waals surface area contributed by atoms with Crippen molar-refractivity contribution >= 4 is 11.8 Å². The highest BCUT2D eigenvalue weighted by molar-refractivity contribution is 5.73. The van der Waals surface area contributed by atoms with Gasteiger partial charge in [-0.15, -0.1) is 0 Å². The third kappa shape index (κ3) is 11.0. The van der Waals surface area contributed by atoms with Gasteiger partial charge < -0.3 is 130 Å². The van der Waals surface area contributed by atoms with E-state index in [1.54, 1.807) is 0 Å². The van der Waals surface area contributed by atoms with Crippen LogP contribution in [0.3, 0.4) is 0 Å². The van der Waals surface area contributed by atoms with Crippen LogP contribution in [-0.4, -0.2) is 275 Å². The molecule has 28 nitrogen and oxygen atoms in total. The van der Waals surface area contributed by atoms with E-state index < -0.39 is 198 Å². The summed E-state index contributed by atoms with van der Waals surface area (Å²) in [6.45, 7) is -2.20. The second-order valence-corrected chi connectivity index (χ2v) is 15.5. The molecule has 28 heteroatoms. The Bertz CT molecular complexity index is 1440. The van der Waals surface area contributed by atoms with Crippen LogP contribution in [0.2, 0.25) is 0 Å². The number of ether oxygens (including phenoxy) is 9. The summed E-state index contributed by atoms with van der Waals surface area (Å²) in [4.78, 5) is 24.5. The highest BCUT2D eigenvalue weighted by Gasteiger charge is 2.56. The number of nitrogens with one attached hydrogen (secondary N) is 2. The average Bonchev–Trinajstić information content (AvgIpc) is 3.23. The van der Waals surface area contributed by atoms with Gasteiger partial charge in [-0.1, -0.05) is 0 Å². The van der Waals surface area contributed by atoms with Crippen molar-refractivity contribution < 1.29 is 129 Å². The molecule has 2 amide bonds. The van der Waals surface area contributed by atoms with E-state index in [0.29, 0.717) is 0 Å². The molecule has 0 saturated carbocycles. The van der Waals surface area contributed by atoms with Crippen molar-refractivity contribution in [2.24, 2.45) is 0 Å². The maximum absolute atomic E-state index is 12.3. The fourth-order valence-corrected chi connectivity index (χ4v) is 7.73. The van der Waals surface area contributed by atoms with Crippen molar-refractivity contribution in [3.05, 3.63) is 0 Å². The van der Waals surface area contributed by atoms with Crippen LogP contribution in [0, 0.1) is 0 Å². The summed E-state index contributed by atoms with van der Waals surface area (Å²) >= 11 is 0. The zero-order chi connectivity index (χ0) is 45.9. The number of aliphatic hydroxyl groups is 15. The number of hydrogen-bond donors (Lipinski definition) is 17. The van der Waals surface area contributed by atoms with E-state index in [9.17, 15) is 86.2 Å². The fourth-order valence-electron chi connectivity index (χ4n) is 7.73. The minimum Gasteiger partial charge on any atom is -0.394 e. The molecule has 5 rings (SSSR count). The lowest BCUT2D eigenvalue weighted by molar-refractivity contribution is -0.374. The predicted octanol–water partition coefficient (Wildman–Crippen LogP) is -11.6. The van der Waals surface area contributed by atoms with Crippen molar-refractivity contribution in [1.82, 2.24) is 10.6 Å². The fraction of sp³-hybridized carbons (Fsp3) is 0.941. The van der Waals surface area contributed by atoms with Gasteiger partial charge >= 0.3 is 0 Å². The topological polar surface area (TPSA) is 445 Å². The molecule has 0 aliphatic carbocycles. The molecule has 62 heavy (non-hydrogen) atoms. The Morgan fingerprint density at radius 3 is 1.31 bits per heavy atom. The van der Waals surface area contributed by atoms with Crippen LogP contribution in [0.1, 0.15) is 13.8 Å². The SMILES string of the molecule is CC(=O)N[C@H]1C(OC[C@H]2OC(O)[C@H](NC(C)=O)[C@@H](O[C@@H]3O[C@H](CO)[C@H](O)[C@H](O[C@@H]4O[C@H](CO)[C@H](O)[C@H](O)[C@H]4O)[C@H]3O)[C@H]2O)O[C@H](CO)[C@@H](O[C@@H]2O[C@H](CO)[C@H](O)[C@H](O)[C@H]2O)[C@@H]1O. The summed E-state index contributed by atoms with van der Waals surface area (Å²) in [7, 11) is 0. The normalized spacial score (nSPS) is 49.0. The highest BCUT2D eigenvalue weighted by atomic mass is 16.8. The van der Waals surface area contributed by atoms with E-state index in [1.807, 2.05) is 0 Å². The smallest absolute Gasteiger partial charge is 0.217 e. The Kier molecular flexibility index (Phi) is 18.1. The quantitative estimate of drug-likeness (QED) is 0.0725. The molecule has 0 aromatic rings. The van der Waals surface area contributed by atoms with Crippen LogP contribution >= 0.6 is 0 Å². The first-order valence-corrected chi connectivity index (χ1v) is 19.6. The molecular formula is C34H58N2O26. The lowest BCUT2D eigenvalue weighted by Crippen LogP contribution is -2.69. The molecule has 0 radical (unpaired) electrons. The van der Waals surface area contributed by atoms with Crippen LogP contribution < -0.4 is 10.6 Å². The van der Waals surface area contributed by atoms with Gasteiger partial charge in [0.05, 0.1) is 33.0 Å². The summed E-state index contributed by atoms with van der Waals surface area (Å²) in [6.07, 6.45) is -41.6. The minimum absolute atomic E-state index is 0.748. The van der Waals surface area contributed by atoms with Gasteiger partial charge in [-0.3, -0.25) is 9.59 Å². The van der Waals surface area contributed by atoms with Gasteiger partial charge in [0.15, 0.2) is 31.5 Å². The molecule has 25 atom stereocenters. The zero-order valence-corrected chi connectivity index (χ0v) is 33.2. The molecule has 0 bridgehead atoms. The lowest BCUT2D eigenvalue weighted by atomic mass is 9.94. The molecule has 5 heterocycles. The van der Waals surface area contributed by atoms with Gasteiger partial charge in [0.2, 0.25) is 11.8 Å². The van der Waals surface area contributed by atoms with Crippen LogP contribution in [0.25, 0.3) is 0 Å². The van der Waals surface area contributed by atoms with Crippen LogP contribution in [0.15, 0.2) is 0 Å². The Balaban J connectivity index is 1.33. The van der Waals surface area contributed by atoms with E-state index in [0.717, 1.165) is 13.8 Å². The molecular weight excluding hydrogens is 852 g/mol. The van der Waals surface area contributed by atoms with E-state index in [4.69, 9.17) is 42.6 Å². The van der Waals surface area contributed by atoms with E-state index in [1.165, 1.54) is 0 Å². The Morgan fingerprint density at radius 1 is 0.419 bits per heavy atom. The van der Waals surface area contributed by atoms with Crippen molar-refractivity contribution in [2.45, 2.75) is 167 Å². The first-order chi connectivity index (χ1) is 29.3. The Hall–Kier alpha value is -2.02. The van der Waals surface area contributed by atoms with Crippen molar-refractivity contribution in [3.8, 4) is 0 Å². The first-order valence-electron chi connectivity index (χ1n) is 19.6. The number of aliphatic hydroxyl groups excluding tert-OH is 15. The largest absolute Gasteiger partial charge is 0.394 e. The molecule has 0 aromatic carbocycles. The molecule has 5 saturated heterocycles. The maximum Gasteiger partial charge on any atom is 0.217 e. The molecule has 5 aliphatic rings. The summed E-state index contributed by atoms with van der Waals surface area (Å²) in [6, 6.07) is -3.21. The number of amides is 2. The Morgan fingerprint density at radius 2 is 0.823 bits per heavy atom.